The van der Waals surface area contributed by atoms with Crippen LogP contribution in [0.3, 0.4) is 0 Å². The fraction of sp³-hybridized carbons (Fsp3) is 0.500. The van der Waals surface area contributed by atoms with Crippen LogP contribution in [0.5, 0.6) is 5.75 Å². The molecule has 5 rings (SSSR count). The second-order valence-electron chi connectivity index (χ2n) is 11.6. The van der Waals surface area contributed by atoms with Crippen LogP contribution in [0.15, 0.2) is 23.0 Å². The lowest BCUT2D eigenvalue weighted by Gasteiger charge is -2.50. The molecule has 4 atom stereocenters. The molecule has 11 heteroatoms. The molecule has 2 fully saturated rings. The maximum Gasteiger partial charge on any atom is 0.255 e. The van der Waals surface area contributed by atoms with Crippen LogP contribution in [-0.4, -0.2) is 88.4 Å². The molecule has 0 aliphatic heterocycles. The summed E-state index contributed by atoms with van der Waals surface area (Å²) in [5, 5.41) is 45.4. The van der Waals surface area contributed by atoms with E-state index in [2.05, 4.69) is 0 Å². The van der Waals surface area contributed by atoms with E-state index in [1.807, 2.05) is 0 Å². The molecule has 1 aromatic carbocycles. The number of fused-ring (bicyclic) bond motifs is 3. The average Bonchev–Trinajstić information content (AvgIpc) is 3.64. The molecule has 0 bridgehead atoms. The van der Waals surface area contributed by atoms with Gasteiger partial charge in [0.05, 0.1) is 17.2 Å². The molecule has 2 saturated carbocycles. The zero-order valence-corrected chi connectivity index (χ0v) is 22.3. The maximum absolute atomic E-state index is 14.0. The predicted octanol–water partition coefficient (Wildman–Crippen LogP) is 1.01. The molecule has 0 radical (unpaired) electrons. The number of hydrogen-bond acceptors (Lipinski definition) is 10. The molecule has 0 spiro atoms. The summed E-state index contributed by atoms with van der Waals surface area (Å²) in [5.74, 6) is -7.20. The van der Waals surface area contributed by atoms with Crippen LogP contribution in [0.2, 0.25) is 0 Å². The fourth-order valence-corrected chi connectivity index (χ4v) is 6.60. The molecule has 0 heterocycles. The van der Waals surface area contributed by atoms with Crippen LogP contribution in [0, 0.1) is 17.8 Å². The van der Waals surface area contributed by atoms with Crippen molar-refractivity contribution in [3.63, 3.8) is 0 Å². The van der Waals surface area contributed by atoms with Gasteiger partial charge in [-0.15, -0.1) is 0 Å². The van der Waals surface area contributed by atoms with Crippen molar-refractivity contribution < 1.29 is 39.6 Å². The lowest BCUT2D eigenvalue weighted by atomic mass is 9.57. The predicted molar refractivity (Wildman–Crippen MR) is 140 cm³/mol. The van der Waals surface area contributed by atoms with Crippen LogP contribution in [0.25, 0.3) is 5.76 Å². The molecular formula is C28H33N3O8. The quantitative estimate of drug-likeness (QED) is 0.258. The number of phenols is 1. The highest BCUT2D eigenvalue weighted by molar-refractivity contribution is 6.24. The summed E-state index contributed by atoms with van der Waals surface area (Å²) in [5.41, 5.74) is 2.62. The number of hydrogen-bond donors (Lipinski definition) is 5. The van der Waals surface area contributed by atoms with E-state index >= 15 is 0 Å². The molecule has 0 aromatic heterocycles. The number of likely N-dealkylation sites (N-methyl/N-ethyl adjacent to an activating group) is 1. The Morgan fingerprint density at radius 3 is 2.28 bits per heavy atom. The van der Waals surface area contributed by atoms with Gasteiger partial charge in [0.1, 0.15) is 22.8 Å². The molecule has 39 heavy (non-hydrogen) atoms. The van der Waals surface area contributed by atoms with E-state index in [1.54, 1.807) is 39.2 Å². The summed E-state index contributed by atoms with van der Waals surface area (Å²) in [6.45, 7) is 0. The number of rotatable bonds is 6. The first-order valence-electron chi connectivity index (χ1n) is 13.0. The minimum absolute atomic E-state index is 0.00174. The maximum atomic E-state index is 14.0. The van der Waals surface area contributed by atoms with Crippen molar-refractivity contribution in [3.8, 4) is 5.75 Å². The van der Waals surface area contributed by atoms with Crippen molar-refractivity contribution in [2.75, 3.05) is 33.1 Å². The third kappa shape index (κ3) is 3.78. The molecule has 4 aliphatic rings. The summed E-state index contributed by atoms with van der Waals surface area (Å²) >= 11 is 0. The first-order chi connectivity index (χ1) is 18.2. The van der Waals surface area contributed by atoms with Gasteiger partial charge in [-0.2, -0.15) is 0 Å². The van der Waals surface area contributed by atoms with Crippen molar-refractivity contribution in [3.05, 3.63) is 39.7 Å². The lowest BCUT2D eigenvalue weighted by molar-refractivity contribution is -0.153. The van der Waals surface area contributed by atoms with Crippen LogP contribution >= 0.6 is 0 Å². The van der Waals surface area contributed by atoms with Gasteiger partial charge >= 0.3 is 0 Å². The topological polar surface area (TPSA) is 182 Å². The second-order valence-corrected chi connectivity index (χ2v) is 11.6. The first-order valence-corrected chi connectivity index (χ1v) is 13.0. The molecule has 4 aliphatic carbocycles. The van der Waals surface area contributed by atoms with Gasteiger partial charge in [0.2, 0.25) is 5.78 Å². The van der Waals surface area contributed by atoms with Crippen LogP contribution in [-0.2, 0) is 20.8 Å². The Hall–Kier alpha value is -3.70. The summed E-state index contributed by atoms with van der Waals surface area (Å²) < 4.78 is 0. The first kappa shape index (κ1) is 26.9. The summed E-state index contributed by atoms with van der Waals surface area (Å²) in [4.78, 5) is 55.6. The largest absolute Gasteiger partial charge is 0.508 e. The molecule has 208 valence electrons. The number of nitrogens with two attached hydrogens (primary N) is 1. The number of amides is 1. The highest BCUT2D eigenvalue weighted by Gasteiger charge is 2.64. The van der Waals surface area contributed by atoms with Crippen LogP contribution in [0.4, 0.5) is 5.69 Å². The molecule has 11 nitrogen and oxygen atoms in total. The number of primary amides is 1. The van der Waals surface area contributed by atoms with Crippen molar-refractivity contribution in [2.24, 2.45) is 23.5 Å². The number of aliphatic hydroxyl groups excluding tert-OH is 2. The number of nitrogens with zero attached hydrogens (tertiary/aromatic N) is 2. The number of aliphatic hydroxyl groups is 3. The second kappa shape index (κ2) is 8.92. The molecule has 0 saturated heterocycles. The van der Waals surface area contributed by atoms with E-state index in [0.717, 1.165) is 12.8 Å². The Kier molecular flexibility index (Phi) is 6.15. The van der Waals surface area contributed by atoms with Gasteiger partial charge in [-0.1, -0.05) is 0 Å². The lowest BCUT2D eigenvalue weighted by Crippen LogP contribution is -2.65. The summed E-state index contributed by atoms with van der Waals surface area (Å²) in [6, 6.07) is 0.449. The van der Waals surface area contributed by atoms with E-state index in [-0.39, 0.29) is 47.7 Å². The van der Waals surface area contributed by atoms with Gasteiger partial charge < -0.3 is 31.1 Å². The molecular weight excluding hydrogens is 506 g/mol. The Balaban J connectivity index is 1.73. The van der Waals surface area contributed by atoms with Crippen molar-refractivity contribution in [1.29, 1.82) is 0 Å². The van der Waals surface area contributed by atoms with Gasteiger partial charge in [0.25, 0.3) is 5.91 Å². The number of benzene rings is 1. The summed E-state index contributed by atoms with van der Waals surface area (Å²) in [6.07, 6.45) is 2.29. The van der Waals surface area contributed by atoms with Crippen molar-refractivity contribution >= 4 is 34.7 Å². The van der Waals surface area contributed by atoms with Gasteiger partial charge in [-0.25, -0.2) is 0 Å². The number of aromatic hydroxyl groups is 1. The highest BCUT2D eigenvalue weighted by atomic mass is 16.3. The average molecular weight is 540 g/mol. The van der Waals surface area contributed by atoms with E-state index in [4.69, 9.17) is 5.73 Å². The Bertz CT molecular complexity index is 1400. The molecule has 6 N–H and O–H groups in total. The zero-order valence-electron chi connectivity index (χ0n) is 22.3. The molecule has 1 amide bonds. The number of Topliss-reactive ketones (excluding diaryl/α,β-unsaturated/α-hetero) is 3. The van der Waals surface area contributed by atoms with Gasteiger partial charge in [0.15, 0.2) is 17.2 Å². The Morgan fingerprint density at radius 2 is 1.74 bits per heavy atom. The van der Waals surface area contributed by atoms with Gasteiger partial charge in [-0.05, 0) is 63.2 Å². The number of ketones is 3. The van der Waals surface area contributed by atoms with E-state index in [9.17, 15) is 39.6 Å². The van der Waals surface area contributed by atoms with E-state index in [1.165, 1.54) is 4.90 Å². The minimum Gasteiger partial charge on any atom is -0.508 e. The highest BCUT2D eigenvalue weighted by Crippen LogP contribution is 2.54. The minimum atomic E-state index is -2.70. The fourth-order valence-electron chi connectivity index (χ4n) is 6.60. The van der Waals surface area contributed by atoms with Crippen LogP contribution in [0.1, 0.15) is 47.2 Å². The standard InChI is InChI=1S/C28H33N3O8/c1-30(2)16-10-14(17(32)7-11-5-6-11)22(33)19-13(16)8-12-9-15-21(31(3)4)24(35)20(27(29)38)26(37)28(15,39)25(36)18(12)23(19)34/h10-12,15,21,33-34,37,39H,5-9H2,1-4H3,(H2,29,38)/t12-,15-,21-,28-/m0/s1. The summed E-state index contributed by atoms with van der Waals surface area (Å²) in [7, 11) is 6.63. The van der Waals surface area contributed by atoms with Crippen molar-refractivity contribution in [1.82, 2.24) is 4.90 Å². The normalized spacial score (nSPS) is 28.3. The SMILES string of the molecule is CN(C)c1cc(C(=O)CC2CC2)c(O)c2c1C[C@H]1C[C@H]3[C@H](N(C)C)C(=O)C(C(N)=O)=C(O)[C@@]3(O)C(=O)C1=C2O. The Morgan fingerprint density at radius 1 is 1.10 bits per heavy atom. The van der Waals surface area contributed by atoms with Crippen molar-refractivity contribution in [2.45, 2.75) is 43.7 Å². The zero-order chi connectivity index (χ0) is 28.7. The third-order valence-corrected chi connectivity index (χ3v) is 8.65. The van der Waals surface area contributed by atoms with Crippen LogP contribution < -0.4 is 10.6 Å². The number of phenolic OH excluding ortho intramolecular Hbond substituents is 1. The van der Waals surface area contributed by atoms with E-state index < -0.39 is 63.8 Å². The monoisotopic (exact) mass is 539 g/mol. The van der Waals surface area contributed by atoms with Gasteiger partial charge in [-0.3, -0.25) is 24.1 Å². The van der Waals surface area contributed by atoms with E-state index in [0.29, 0.717) is 11.3 Å². The molecule has 0 unspecified atom stereocenters. The van der Waals surface area contributed by atoms with Gasteiger partial charge in [0, 0.05) is 37.7 Å². The number of carbonyl (C=O) groups is 4. The Labute approximate surface area is 225 Å². The number of anilines is 1. The third-order valence-electron chi connectivity index (χ3n) is 8.65. The smallest absolute Gasteiger partial charge is 0.255 e. The number of carbonyl (C=O) groups excluding carboxylic acids is 4. The molecule has 1 aromatic rings.